The second-order valence-electron chi connectivity index (χ2n) is 2.39. The molecular formula is C8H9NO2. The average molecular weight is 151 g/mol. The van der Waals surface area contributed by atoms with Crippen LogP contribution < -0.4 is 0 Å². The van der Waals surface area contributed by atoms with Gasteiger partial charge in [-0.05, 0) is 12.1 Å². The van der Waals surface area contributed by atoms with Crippen molar-refractivity contribution < 1.29 is 9.47 Å². The Morgan fingerprint density at radius 3 is 3.18 bits per heavy atom. The lowest BCUT2D eigenvalue weighted by Crippen LogP contribution is -1.91. The van der Waals surface area contributed by atoms with E-state index >= 15 is 0 Å². The molecule has 1 aromatic rings. The Hall–Kier alpha value is -1.38. The zero-order valence-electron chi connectivity index (χ0n) is 6.04. The third-order valence-corrected chi connectivity index (χ3v) is 1.55. The van der Waals surface area contributed by atoms with Crippen LogP contribution in [-0.4, -0.2) is 11.8 Å². The fourth-order valence-electron chi connectivity index (χ4n) is 1.03. The lowest BCUT2D eigenvalue weighted by Gasteiger charge is -1.97. The third-order valence-electron chi connectivity index (χ3n) is 1.55. The molecule has 0 saturated heterocycles. The van der Waals surface area contributed by atoms with E-state index in [2.05, 4.69) is 4.98 Å². The normalized spacial score (nSPS) is 15.5. The average Bonchev–Trinajstić information content (AvgIpc) is 2.60. The minimum absolute atomic E-state index is 0.357. The molecule has 0 atom stereocenters. The van der Waals surface area contributed by atoms with Gasteiger partial charge in [-0.2, -0.15) is 0 Å². The molecule has 0 saturated carbocycles. The lowest BCUT2D eigenvalue weighted by atomic mass is 10.3. The van der Waals surface area contributed by atoms with E-state index < -0.39 is 0 Å². The fraction of sp³-hybridized carbons (Fsp3) is 0.250. The minimum Gasteiger partial charge on any atom is -0.462 e. The summed E-state index contributed by atoms with van der Waals surface area (Å²) in [6.45, 7) is 0.357. The standard InChI is InChI=1S/C8H9NO2/c1-2-7(9-3-1)4-8-5-10-6-11-8/h1-3,5,9H,4,6H2. The number of allylic oxidation sites excluding steroid dienone is 1. The molecule has 1 aromatic heterocycles. The third kappa shape index (κ3) is 1.37. The highest BCUT2D eigenvalue weighted by Crippen LogP contribution is 2.11. The molecule has 0 aromatic carbocycles. The van der Waals surface area contributed by atoms with Crippen molar-refractivity contribution in [3.05, 3.63) is 36.0 Å². The topological polar surface area (TPSA) is 34.2 Å². The molecule has 58 valence electrons. The summed E-state index contributed by atoms with van der Waals surface area (Å²) in [4.78, 5) is 3.09. The highest BCUT2D eigenvalue weighted by molar-refractivity contribution is 5.11. The van der Waals surface area contributed by atoms with Crippen LogP contribution in [0.4, 0.5) is 0 Å². The number of rotatable bonds is 2. The van der Waals surface area contributed by atoms with Gasteiger partial charge in [0, 0.05) is 18.3 Å². The number of nitrogens with one attached hydrogen (secondary N) is 1. The van der Waals surface area contributed by atoms with Gasteiger partial charge in [0.05, 0.1) is 0 Å². The van der Waals surface area contributed by atoms with Gasteiger partial charge >= 0.3 is 0 Å². The van der Waals surface area contributed by atoms with Gasteiger partial charge in [-0.25, -0.2) is 0 Å². The molecule has 3 heteroatoms. The summed E-state index contributed by atoms with van der Waals surface area (Å²) >= 11 is 0. The highest BCUT2D eigenvalue weighted by atomic mass is 16.7. The van der Waals surface area contributed by atoms with Crippen LogP contribution in [0.2, 0.25) is 0 Å². The summed E-state index contributed by atoms with van der Waals surface area (Å²) in [6.07, 6.45) is 4.33. The molecule has 0 unspecified atom stereocenters. The smallest absolute Gasteiger partial charge is 0.229 e. The number of aromatic nitrogens is 1. The molecule has 2 rings (SSSR count). The van der Waals surface area contributed by atoms with Crippen LogP contribution in [0.15, 0.2) is 30.4 Å². The first-order chi connectivity index (χ1) is 5.45. The summed E-state index contributed by atoms with van der Waals surface area (Å²) in [5.74, 6) is 0.882. The second kappa shape index (κ2) is 2.70. The van der Waals surface area contributed by atoms with Crippen molar-refractivity contribution in [2.24, 2.45) is 0 Å². The van der Waals surface area contributed by atoms with Crippen molar-refractivity contribution in [1.29, 1.82) is 0 Å². The van der Waals surface area contributed by atoms with Crippen LogP contribution >= 0.6 is 0 Å². The van der Waals surface area contributed by atoms with Gasteiger partial charge in [0.15, 0.2) is 0 Å². The predicted molar refractivity (Wildman–Crippen MR) is 39.6 cm³/mol. The molecule has 0 fully saturated rings. The maximum absolute atomic E-state index is 5.15. The molecule has 0 aliphatic carbocycles. The molecule has 0 bridgehead atoms. The Balaban J connectivity index is 2.00. The SMILES string of the molecule is C1=C(Cc2ccc[nH]2)OCO1. The van der Waals surface area contributed by atoms with Crippen LogP contribution in [0.25, 0.3) is 0 Å². The van der Waals surface area contributed by atoms with E-state index in [0.717, 1.165) is 17.9 Å². The van der Waals surface area contributed by atoms with Gasteiger partial charge in [-0.15, -0.1) is 0 Å². The van der Waals surface area contributed by atoms with Gasteiger partial charge < -0.3 is 14.5 Å². The molecule has 3 nitrogen and oxygen atoms in total. The van der Waals surface area contributed by atoms with Crippen LogP contribution in [0, 0.1) is 0 Å². The number of hydrogen-bond acceptors (Lipinski definition) is 2. The summed E-state index contributed by atoms with van der Waals surface area (Å²) in [5.41, 5.74) is 1.14. The fourth-order valence-corrected chi connectivity index (χ4v) is 1.03. The quantitative estimate of drug-likeness (QED) is 0.693. The second-order valence-corrected chi connectivity index (χ2v) is 2.39. The van der Waals surface area contributed by atoms with Crippen LogP contribution in [-0.2, 0) is 15.9 Å². The van der Waals surface area contributed by atoms with Crippen molar-refractivity contribution in [2.75, 3.05) is 6.79 Å². The predicted octanol–water partition coefficient (Wildman–Crippen LogP) is 1.40. The van der Waals surface area contributed by atoms with Crippen LogP contribution in [0.1, 0.15) is 5.69 Å². The van der Waals surface area contributed by atoms with Crippen molar-refractivity contribution in [2.45, 2.75) is 6.42 Å². The van der Waals surface area contributed by atoms with E-state index in [1.54, 1.807) is 6.26 Å². The zero-order chi connectivity index (χ0) is 7.52. The summed E-state index contributed by atoms with van der Waals surface area (Å²) in [5, 5.41) is 0. The first-order valence-electron chi connectivity index (χ1n) is 3.51. The molecule has 1 aliphatic heterocycles. The van der Waals surface area contributed by atoms with E-state index in [0.29, 0.717) is 6.79 Å². The summed E-state index contributed by atoms with van der Waals surface area (Å²) in [7, 11) is 0. The zero-order valence-corrected chi connectivity index (χ0v) is 6.04. The van der Waals surface area contributed by atoms with Crippen molar-refractivity contribution in [3.8, 4) is 0 Å². The van der Waals surface area contributed by atoms with E-state index in [9.17, 15) is 0 Å². The minimum atomic E-state index is 0.357. The van der Waals surface area contributed by atoms with Gasteiger partial charge in [0.25, 0.3) is 0 Å². The van der Waals surface area contributed by atoms with E-state index in [4.69, 9.17) is 9.47 Å². The van der Waals surface area contributed by atoms with Crippen LogP contribution in [0.3, 0.4) is 0 Å². The lowest BCUT2D eigenvalue weighted by molar-refractivity contribution is 0.0790. The number of H-pyrrole nitrogens is 1. The summed E-state index contributed by atoms with van der Waals surface area (Å²) < 4.78 is 10.1. The maximum atomic E-state index is 5.15. The Bertz CT molecular complexity index is 251. The Morgan fingerprint density at radius 2 is 2.55 bits per heavy atom. The van der Waals surface area contributed by atoms with Crippen LogP contribution in [0.5, 0.6) is 0 Å². The molecule has 11 heavy (non-hydrogen) atoms. The highest BCUT2D eigenvalue weighted by Gasteiger charge is 2.06. The number of aromatic amines is 1. The molecule has 2 heterocycles. The molecule has 1 aliphatic rings. The van der Waals surface area contributed by atoms with E-state index in [1.165, 1.54) is 0 Å². The van der Waals surface area contributed by atoms with Crippen molar-refractivity contribution in [3.63, 3.8) is 0 Å². The Kier molecular flexibility index (Phi) is 1.55. The van der Waals surface area contributed by atoms with Gasteiger partial charge in [-0.3, -0.25) is 0 Å². The van der Waals surface area contributed by atoms with Gasteiger partial charge in [0.2, 0.25) is 6.79 Å². The summed E-state index contributed by atoms with van der Waals surface area (Å²) in [6, 6.07) is 3.98. The molecule has 0 spiro atoms. The van der Waals surface area contributed by atoms with Crippen molar-refractivity contribution in [1.82, 2.24) is 4.98 Å². The van der Waals surface area contributed by atoms with Crippen molar-refractivity contribution >= 4 is 0 Å². The maximum Gasteiger partial charge on any atom is 0.229 e. The molecular weight excluding hydrogens is 142 g/mol. The molecule has 1 N–H and O–H groups in total. The van der Waals surface area contributed by atoms with Gasteiger partial charge in [0.1, 0.15) is 12.0 Å². The van der Waals surface area contributed by atoms with E-state index in [-0.39, 0.29) is 0 Å². The monoisotopic (exact) mass is 151 g/mol. The van der Waals surface area contributed by atoms with E-state index in [1.807, 2.05) is 18.3 Å². The number of hydrogen-bond donors (Lipinski definition) is 1. The number of ether oxygens (including phenoxy) is 2. The molecule has 0 amide bonds. The molecule has 0 radical (unpaired) electrons. The first-order valence-corrected chi connectivity index (χ1v) is 3.51. The Morgan fingerprint density at radius 1 is 1.55 bits per heavy atom. The first kappa shape index (κ1) is 6.34. The largest absolute Gasteiger partial charge is 0.462 e. The van der Waals surface area contributed by atoms with Gasteiger partial charge in [-0.1, -0.05) is 0 Å². The Labute approximate surface area is 64.6 Å².